The molecule has 0 fully saturated rings. The molecule has 0 aliphatic carbocycles. The summed E-state index contributed by atoms with van der Waals surface area (Å²) in [4.78, 5) is 1.92. The van der Waals surface area contributed by atoms with Crippen molar-refractivity contribution in [1.82, 2.24) is 0 Å². The molecule has 0 saturated carbocycles. The van der Waals surface area contributed by atoms with Crippen LogP contribution in [0.4, 0.5) is 18.9 Å². The molecule has 0 aliphatic heterocycles. The maximum absolute atomic E-state index is 13.0. The van der Waals surface area contributed by atoms with Crippen LogP contribution in [-0.2, 0) is 11.8 Å². The molecule has 152 valence electrons. The summed E-state index contributed by atoms with van der Waals surface area (Å²) in [5.41, 5.74) is -0.0298. The number of hydrogen-bond donors (Lipinski definition) is 1. The number of alkyl halides is 3. The Hall–Kier alpha value is -2.99. The minimum absolute atomic E-state index is 0.341. The number of halogens is 3. The van der Waals surface area contributed by atoms with E-state index in [1.165, 1.54) is 19.2 Å². The van der Waals surface area contributed by atoms with Crippen LogP contribution in [0.2, 0.25) is 0 Å². The van der Waals surface area contributed by atoms with E-state index in [1.807, 2.05) is 31.1 Å². The lowest BCUT2D eigenvalue weighted by Gasteiger charge is -2.31. The lowest BCUT2D eigenvalue weighted by molar-refractivity contribution is -0.137. The SMILES string of the molecule is COc1ccc(C(O)(c2ccc(N(C)C)cc2)c2ccc(C(F)(F)F)cc2)cc1. The van der Waals surface area contributed by atoms with Crippen LogP contribution in [0.15, 0.2) is 72.8 Å². The number of hydrogen-bond acceptors (Lipinski definition) is 3. The Labute approximate surface area is 168 Å². The van der Waals surface area contributed by atoms with Gasteiger partial charge in [0, 0.05) is 19.8 Å². The first-order valence-corrected chi connectivity index (χ1v) is 8.99. The van der Waals surface area contributed by atoms with Gasteiger partial charge in [0.15, 0.2) is 0 Å². The molecule has 3 rings (SSSR count). The van der Waals surface area contributed by atoms with E-state index in [0.29, 0.717) is 22.4 Å². The first kappa shape index (κ1) is 20.7. The summed E-state index contributed by atoms with van der Waals surface area (Å²) in [7, 11) is 5.35. The summed E-state index contributed by atoms with van der Waals surface area (Å²) in [6.45, 7) is 0. The van der Waals surface area contributed by atoms with Crippen molar-refractivity contribution in [2.24, 2.45) is 0 Å². The quantitative estimate of drug-likeness (QED) is 0.607. The minimum atomic E-state index is -4.44. The van der Waals surface area contributed by atoms with Crippen molar-refractivity contribution >= 4 is 5.69 Å². The fourth-order valence-corrected chi connectivity index (χ4v) is 3.23. The molecule has 1 N–H and O–H groups in total. The van der Waals surface area contributed by atoms with Gasteiger partial charge in [-0.25, -0.2) is 0 Å². The molecule has 0 aliphatic rings. The van der Waals surface area contributed by atoms with E-state index in [2.05, 4.69) is 0 Å². The van der Waals surface area contributed by atoms with Crippen LogP contribution in [0, 0.1) is 0 Å². The van der Waals surface area contributed by atoms with E-state index in [-0.39, 0.29) is 0 Å². The molecular formula is C23H22F3NO2. The average molecular weight is 401 g/mol. The topological polar surface area (TPSA) is 32.7 Å². The van der Waals surface area contributed by atoms with Gasteiger partial charge in [-0.3, -0.25) is 0 Å². The van der Waals surface area contributed by atoms with Crippen molar-refractivity contribution in [3.63, 3.8) is 0 Å². The van der Waals surface area contributed by atoms with Gasteiger partial charge >= 0.3 is 6.18 Å². The van der Waals surface area contributed by atoms with E-state index in [9.17, 15) is 18.3 Å². The van der Waals surface area contributed by atoms with E-state index >= 15 is 0 Å². The molecule has 29 heavy (non-hydrogen) atoms. The van der Waals surface area contributed by atoms with Gasteiger partial charge in [0.2, 0.25) is 0 Å². The van der Waals surface area contributed by atoms with Crippen LogP contribution in [0.1, 0.15) is 22.3 Å². The fraction of sp³-hybridized carbons (Fsp3) is 0.217. The molecule has 3 nitrogen and oxygen atoms in total. The number of rotatable bonds is 5. The summed E-state index contributed by atoms with van der Waals surface area (Å²) in [5.74, 6) is 0.617. The van der Waals surface area contributed by atoms with Crippen LogP contribution in [0.3, 0.4) is 0 Å². The number of ether oxygens (including phenoxy) is 1. The van der Waals surface area contributed by atoms with Gasteiger partial charge in [0.1, 0.15) is 11.4 Å². The zero-order chi connectivity index (χ0) is 21.2. The lowest BCUT2D eigenvalue weighted by atomic mass is 9.80. The van der Waals surface area contributed by atoms with Crippen molar-refractivity contribution < 1.29 is 23.0 Å². The Morgan fingerprint density at radius 1 is 0.690 bits per heavy atom. The highest BCUT2D eigenvalue weighted by molar-refractivity contribution is 5.53. The van der Waals surface area contributed by atoms with E-state index < -0.39 is 17.3 Å². The number of methoxy groups -OCH3 is 1. The molecular weight excluding hydrogens is 379 g/mol. The summed E-state index contributed by atoms with van der Waals surface area (Å²) in [5, 5.41) is 11.8. The number of aliphatic hydroxyl groups is 1. The van der Waals surface area contributed by atoms with Gasteiger partial charge in [0.05, 0.1) is 12.7 Å². The van der Waals surface area contributed by atoms with E-state index in [1.54, 1.807) is 36.4 Å². The molecule has 1 unspecified atom stereocenters. The summed E-state index contributed by atoms with van der Waals surface area (Å²) < 4.78 is 44.1. The summed E-state index contributed by atoms with van der Waals surface area (Å²) in [6.07, 6.45) is -4.44. The number of benzene rings is 3. The van der Waals surface area contributed by atoms with Gasteiger partial charge in [-0.1, -0.05) is 36.4 Å². The molecule has 0 heterocycles. The van der Waals surface area contributed by atoms with E-state index in [0.717, 1.165) is 17.8 Å². The third-order valence-electron chi connectivity index (χ3n) is 4.94. The van der Waals surface area contributed by atoms with Crippen molar-refractivity contribution in [1.29, 1.82) is 0 Å². The third-order valence-corrected chi connectivity index (χ3v) is 4.94. The first-order valence-electron chi connectivity index (χ1n) is 8.99. The smallest absolute Gasteiger partial charge is 0.416 e. The van der Waals surface area contributed by atoms with Gasteiger partial charge in [0.25, 0.3) is 0 Å². The van der Waals surface area contributed by atoms with Crippen molar-refractivity contribution in [2.45, 2.75) is 11.8 Å². The second-order valence-corrected chi connectivity index (χ2v) is 6.96. The second-order valence-electron chi connectivity index (χ2n) is 6.96. The second kappa shape index (κ2) is 7.79. The van der Waals surface area contributed by atoms with Crippen LogP contribution >= 0.6 is 0 Å². The van der Waals surface area contributed by atoms with Gasteiger partial charge in [-0.05, 0) is 53.1 Å². The molecule has 6 heteroatoms. The Morgan fingerprint density at radius 3 is 1.45 bits per heavy atom. The average Bonchev–Trinajstić information content (AvgIpc) is 2.73. The number of anilines is 1. The van der Waals surface area contributed by atoms with Crippen LogP contribution < -0.4 is 9.64 Å². The summed E-state index contributed by atoms with van der Waals surface area (Å²) >= 11 is 0. The molecule has 3 aromatic carbocycles. The number of nitrogens with zero attached hydrogens (tertiary/aromatic N) is 1. The third kappa shape index (κ3) is 4.07. The Balaban J connectivity index is 2.15. The predicted octanol–water partition coefficient (Wildman–Crippen LogP) is 5.06. The highest BCUT2D eigenvalue weighted by Crippen LogP contribution is 2.39. The van der Waals surface area contributed by atoms with Crippen LogP contribution in [0.25, 0.3) is 0 Å². The largest absolute Gasteiger partial charge is 0.497 e. The van der Waals surface area contributed by atoms with Gasteiger partial charge < -0.3 is 14.7 Å². The fourth-order valence-electron chi connectivity index (χ4n) is 3.23. The molecule has 3 aromatic rings. The van der Waals surface area contributed by atoms with Crippen molar-refractivity contribution in [3.8, 4) is 5.75 Å². The standard InChI is InChI=1S/C23H22F3NO2/c1-27(2)20-12-8-17(9-13-20)22(28,18-10-14-21(29-3)15-11-18)16-4-6-19(7-5-16)23(24,25)26/h4-15,28H,1-3H3. The lowest BCUT2D eigenvalue weighted by Crippen LogP contribution is -2.29. The van der Waals surface area contributed by atoms with Crippen molar-refractivity contribution in [2.75, 3.05) is 26.1 Å². The minimum Gasteiger partial charge on any atom is -0.497 e. The molecule has 1 atom stereocenters. The maximum Gasteiger partial charge on any atom is 0.416 e. The normalized spacial score (nSPS) is 13.6. The monoisotopic (exact) mass is 401 g/mol. The highest BCUT2D eigenvalue weighted by atomic mass is 19.4. The highest BCUT2D eigenvalue weighted by Gasteiger charge is 2.36. The predicted molar refractivity (Wildman–Crippen MR) is 107 cm³/mol. The molecule has 0 amide bonds. The molecule has 0 bridgehead atoms. The zero-order valence-corrected chi connectivity index (χ0v) is 16.4. The summed E-state index contributed by atoms with van der Waals surface area (Å²) in [6, 6.07) is 18.7. The molecule has 0 spiro atoms. The van der Waals surface area contributed by atoms with Gasteiger partial charge in [-0.15, -0.1) is 0 Å². The van der Waals surface area contributed by atoms with Crippen LogP contribution in [0.5, 0.6) is 5.75 Å². The zero-order valence-electron chi connectivity index (χ0n) is 16.4. The Bertz CT molecular complexity index is 949. The van der Waals surface area contributed by atoms with Gasteiger partial charge in [-0.2, -0.15) is 13.2 Å². The van der Waals surface area contributed by atoms with E-state index in [4.69, 9.17) is 4.74 Å². The molecule has 0 aromatic heterocycles. The molecule has 0 radical (unpaired) electrons. The maximum atomic E-state index is 13.0. The van der Waals surface area contributed by atoms with Crippen molar-refractivity contribution in [3.05, 3.63) is 95.1 Å². The molecule has 0 saturated heterocycles. The Kier molecular flexibility index (Phi) is 5.57. The Morgan fingerprint density at radius 2 is 1.07 bits per heavy atom. The van der Waals surface area contributed by atoms with Crippen LogP contribution in [-0.4, -0.2) is 26.3 Å². The first-order chi connectivity index (χ1) is 13.7.